The Bertz CT molecular complexity index is 606. The number of amides is 1. The second-order valence-corrected chi connectivity index (χ2v) is 5.03. The van der Waals surface area contributed by atoms with Gasteiger partial charge in [0.25, 0.3) is 5.91 Å². The molecule has 0 spiro atoms. The molecule has 2 aromatic heterocycles. The maximum Gasteiger partial charge on any atom is 0.256 e. The number of nitrogens with zero attached hydrogens (tertiary/aromatic N) is 2. The Morgan fingerprint density at radius 3 is 2.74 bits per heavy atom. The standard InChI is InChI=1S/C13H15ClN4O/c1-7(2)10-4-9(5-11(14)16-10)13(19)17-12-8(3)6-15-18-12/h4-7H,1-3H3,(H2,15,17,18,19). The highest BCUT2D eigenvalue weighted by atomic mass is 35.5. The molecule has 0 fully saturated rings. The molecule has 2 aromatic rings. The third-order valence-electron chi connectivity index (χ3n) is 2.74. The first-order valence-electron chi connectivity index (χ1n) is 5.96. The summed E-state index contributed by atoms with van der Waals surface area (Å²) in [4.78, 5) is 16.3. The fourth-order valence-electron chi connectivity index (χ4n) is 1.60. The number of rotatable bonds is 3. The number of aryl methyl sites for hydroxylation is 1. The van der Waals surface area contributed by atoms with E-state index in [9.17, 15) is 4.79 Å². The minimum Gasteiger partial charge on any atom is -0.307 e. The summed E-state index contributed by atoms with van der Waals surface area (Å²) in [5.74, 6) is 0.557. The normalized spacial score (nSPS) is 10.8. The van der Waals surface area contributed by atoms with Crippen molar-refractivity contribution in [3.05, 3.63) is 40.3 Å². The molecule has 0 bridgehead atoms. The fraction of sp³-hybridized carbons (Fsp3) is 0.308. The van der Waals surface area contributed by atoms with Crippen molar-refractivity contribution < 1.29 is 4.79 Å². The van der Waals surface area contributed by atoms with Gasteiger partial charge in [-0.2, -0.15) is 5.10 Å². The Balaban J connectivity index is 2.26. The van der Waals surface area contributed by atoms with Crippen LogP contribution < -0.4 is 5.32 Å². The van der Waals surface area contributed by atoms with Crippen molar-refractivity contribution in [1.29, 1.82) is 0 Å². The summed E-state index contributed by atoms with van der Waals surface area (Å²) in [5.41, 5.74) is 2.15. The van der Waals surface area contributed by atoms with Crippen LogP contribution in [0.3, 0.4) is 0 Å². The van der Waals surface area contributed by atoms with Crippen molar-refractivity contribution in [3.63, 3.8) is 0 Å². The summed E-state index contributed by atoms with van der Waals surface area (Å²) in [6.45, 7) is 5.86. The van der Waals surface area contributed by atoms with Gasteiger partial charge in [0, 0.05) is 16.8 Å². The number of hydrogen-bond acceptors (Lipinski definition) is 3. The van der Waals surface area contributed by atoms with E-state index in [-0.39, 0.29) is 11.8 Å². The lowest BCUT2D eigenvalue weighted by Gasteiger charge is -2.08. The number of aromatic amines is 1. The summed E-state index contributed by atoms with van der Waals surface area (Å²) in [6, 6.07) is 3.30. The first-order valence-corrected chi connectivity index (χ1v) is 6.34. The number of halogens is 1. The molecule has 2 heterocycles. The van der Waals surface area contributed by atoms with Crippen molar-refractivity contribution in [1.82, 2.24) is 15.2 Å². The number of carbonyl (C=O) groups is 1. The van der Waals surface area contributed by atoms with Crippen LogP contribution in [0.2, 0.25) is 5.15 Å². The molecule has 0 saturated carbocycles. The Morgan fingerprint density at radius 2 is 2.16 bits per heavy atom. The molecule has 2 rings (SSSR count). The number of nitrogens with one attached hydrogen (secondary N) is 2. The van der Waals surface area contributed by atoms with E-state index >= 15 is 0 Å². The van der Waals surface area contributed by atoms with Gasteiger partial charge >= 0.3 is 0 Å². The molecule has 0 aliphatic heterocycles. The molecular weight excluding hydrogens is 264 g/mol. The number of aromatic nitrogens is 3. The zero-order chi connectivity index (χ0) is 14.0. The van der Waals surface area contributed by atoms with Crippen molar-refractivity contribution >= 4 is 23.3 Å². The maximum absolute atomic E-state index is 12.1. The van der Waals surface area contributed by atoms with E-state index in [1.807, 2.05) is 20.8 Å². The van der Waals surface area contributed by atoms with Crippen molar-refractivity contribution in [2.45, 2.75) is 26.7 Å². The first-order chi connectivity index (χ1) is 8.97. The summed E-state index contributed by atoms with van der Waals surface area (Å²) >= 11 is 5.94. The molecule has 0 aliphatic rings. The lowest BCUT2D eigenvalue weighted by Crippen LogP contribution is -2.14. The quantitative estimate of drug-likeness (QED) is 0.847. The fourth-order valence-corrected chi connectivity index (χ4v) is 1.82. The number of H-pyrrole nitrogens is 1. The molecular formula is C13H15ClN4O. The molecule has 5 nitrogen and oxygen atoms in total. The van der Waals surface area contributed by atoms with E-state index in [0.29, 0.717) is 16.5 Å². The van der Waals surface area contributed by atoms with Crippen LogP contribution in [-0.2, 0) is 0 Å². The van der Waals surface area contributed by atoms with Crippen LogP contribution in [0.25, 0.3) is 0 Å². The molecule has 1 amide bonds. The monoisotopic (exact) mass is 278 g/mol. The van der Waals surface area contributed by atoms with Crippen LogP contribution >= 0.6 is 11.6 Å². The minimum atomic E-state index is -0.237. The third kappa shape index (κ3) is 3.12. The van der Waals surface area contributed by atoms with Gasteiger partial charge in [-0.3, -0.25) is 9.89 Å². The Morgan fingerprint density at radius 1 is 1.42 bits per heavy atom. The van der Waals surface area contributed by atoms with Crippen molar-refractivity contribution in [2.75, 3.05) is 5.32 Å². The maximum atomic E-state index is 12.1. The van der Waals surface area contributed by atoms with Crippen LogP contribution in [0, 0.1) is 6.92 Å². The predicted octanol–water partition coefficient (Wildman–Crippen LogP) is 3.14. The molecule has 6 heteroatoms. The Kier molecular flexibility index (Phi) is 3.85. The van der Waals surface area contributed by atoms with Crippen LogP contribution in [0.4, 0.5) is 5.82 Å². The van der Waals surface area contributed by atoms with Crippen molar-refractivity contribution in [3.8, 4) is 0 Å². The lowest BCUT2D eigenvalue weighted by atomic mass is 10.1. The summed E-state index contributed by atoms with van der Waals surface area (Å²) in [7, 11) is 0. The van der Waals surface area contributed by atoms with Crippen LogP contribution in [0.5, 0.6) is 0 Å². The van der Waals surface area contributed by atoms with Gasteiger partial charge in [-0.25, -0.2) is 4.98 Å². The van der Waals surface area contributed by atoms with Gasteiger partial charge in [-0.15, -0.1) is 0 Å². The highest BCUT2D eigenvalue weighted by molar-refractivity contribution is 6.29. The van der Waals surface area contributed by atoms with Gasteiger partial charge in [0.2, 0.25) is 0 Å². The molecule has 100 valence electrons. The van der Waals surface area contributed by atoms with Gasteiger partial charge in [-0.1, -0.05) is 25.4 Å². The van der Waals surface area contributed by atoms with Gasteiger partial charge < -0.3 is 5.32 Å². The first kappa shape index (κ1) is 13.5. The van der Waals surface area contributed by atoms with Crippen molar-refractivity contribution in [2.24, 2.45) is 0 Å². The highest BCUT2D eigenvalue weighted by Crippen LogP contribution is 2.19. The molecule has 0 aromatic carbocycles. The van der Waals surface area contributed by atoms with Gasteiger partial charge in [0.15, 0.2) is 0 Å². The van der Waals surface area contributed by atoms with E-state index in [1.165, 1.54) is 0 Å². The molecule has 0 atom stereocenters. The van der Waals surface area contributed by atoms with Crippen LogP contribution in [-0.4, -0.2) is 21.1 Å². The zero-order valence-corrected chi connectivity index (χ0v) is 11.7. The Labute approximate surface area is 116 Å². The Hall–Kier alpha value is -1.88. The van der Waals surface area contributed by atoms with Crippen LogP contribution in [0.15, 0.2) is 18.3 Å². The van der Waals surface area contributed by atoms with E-state index in [0.717, 1.165) is 11.3 Å². The van der Waals surface area contributed by atoms with Gasteiger partial charge in [0.1, 0.15) is 11.0 Å². The van der Waals surface area contributed by atoms with Crippen LogP contribution in [0.1, 0.15) is 41.4 Å². The smallest absolute Gasteiger partial charge is 0.256 e. The topological polar surface area (TPSA) is 70.7 Å². The van der Waals surface area contributed by atoms with E-state index in [4.69, 9.17) is 11.6 Å². The molecule has 0 aliphatic carbocycles. The van der Waals surface area contributed by atoms with Gasteiger partial charge in [-0.05, 0) is 25.0 Å². The van der Waals surface area contributed by atoms with E-state index in [1.54, 1.807) is 18.3 Å². The summed E-state index contributed by atoms with van der Waals surface area (Å²) in [6.07, 6.45) is 1.65. The molecule has 2 N–H and O–H groups in total. The number of anilines is 1. The second-order valence-electron chi connectivity index (χ2n) is 4.64. The number of carbonyl (C=O) groups excluding carboxylic acids is 1. The van der Waals surface area contributed by atoms with E-state index < -0.39 is 0 Å². The highest BCUT2D eigenvalue weighted by Gasteiger charge is 2.13. The average Bonchev–Trinajstić information content (AvgIpc) is 2.74. The summed E-state index contributed by atoms with van der Waals surface area (Å²) in [5, 5.41) is 9.65. The van der Waals surface area contributed by atoms with E-state index in [2.05, 4.69) is 20.5 Å². The average molecular weight is 279 g/mol. The molecule has 19 heavy (non-hydrogen) atoms. The molecule has 0 radical (unpaired) electrons. The third-order valence-corrected chi connectivity index (χ3v) is 2.93. The zero-order valence-electron chi connectivity index (χ0n) is 11.0. The second kappa shape index (κ2) is 5.40. The largest absolute Gasteiger partial charge is 0.307 e. The minimum absolute atomic E-state index is 0.208. The number of hydrogen-bond donors (Lipinski definition) is 2. The van der Waals surface area contributed by atoms with Gasteiger partial charge in [0.05, 0.1) is 6.20 Å². The SMILES string of the molecule is Cc1cn[nH]c1NC(=O)c1cc(Cl)nc(C(C)C)c1. The molecule has 0 saturated heterocycles. The number of pyridine rings is 1. The predicted molar refractivity (Wildman–Crippen MR) is 74.6 cm³/mol. The molecule has 0 unspecified atom stereocenters. The summed E-state index contributed by atoms with van der Waals surface area (Å²) < 4.78 is 0. The lowest BCUT2D eigenvalue weighted by molar-refractivity contribution is 0.102.